The standard InChI is InChI=1S/C22H22N2O4/c1-2-11-24-19(14-7-9-23-10-8-14)18(21(26)22(24)27)20(25)16-5-6-17-15(13-16)4-3-12-28-17/h5-10,13,19,25H,2-4,11-12H2,1H3/b20-18-. The predicted octanol–water partition coefficient (Wildman–Crippen LogP) is 3.24. The largest absolute Gasteiger partial charge is 0.507 e. The molecule has 0 radical (unpaired) electrons. The summed E-state index contributed by atoms with van der Waals surface area (Å²) in [4.78, 5) is 31.0. The summed E-state index contributed by atoms with van der Waals surface area (Å²) in [5.74, 6) is -0.569. The molecule has 1 unspecified atom stereocenters. The van der Waals surface area contributed by atoms with Crippen LogP contribution in [0.4, 0.5) is 0 Å². The van der Waals surface area contributed by atoms with E-state index in [-0.39, 0.29) is 11.3 Å². The van der Waals surface area contributed by atoms with Gasteiger partial charge in [0, 0.05) is 24.5 Å². The smallest absolute Gasteiger partial charge is 0.295 e. The molecule has 1 N–H and O–H groups in total. The third-order valence-corrected chi connectivity index (χ3v) is 5.21. The Hall–Kier alpha value is -3.15. The van der Waals surface area contributed by atoms with Crippen LogP contribution in [-0.2, 0) is 16.0 Å². The van der Waals surface area contributed by atoms with Crippen LogP contribution in [0.25, 0.3) is 5.76 Å². The van der Waals surface area contributed by atoms with Gasteiger partial charge >= 0.3 is 0 Å². The van der Waals surface area contributed by atoms with Crippen LogP contribution in [0.15, 0.2) is 48.3 Å². The van der Waals surface area contributed by atoms with Gasteiger partial charge in [-0.05, 0) is 60.7 Å². The number of carbonyl (C=O) groups is 2. The van der Waals surface area contributed by atoms with Crippen LogP contribution >= 0.6 is 0 Å². The summed E-state index contributed by atoms with van der Waals surface area (Å²) in [5, 5.41) is 11.1. The molecule has 2 aliphatic heterocycles. The number of benzene rings is 1. The van der Waals surface area contributed by atoms with E-state index in [0.717, 1.165) is 29.7 Å². The van der Waals surface area contributed by atoms with Crippen LogP contribution in [0.1, 0.15) is 42.5 Å². The Bertz CT molecular complexity index is 952. The van der Waals surface area contributed by atoms with E-state index in [9.17, 15) is 14.7 Å². The van der Waals surface area contributed by atoms with Gasteiger partial charge in [-0.1, -0.05) is 6.92 Å². The van der Waals surface area contributed by atoms with E-state index in [0.29, 0.717) is 25.1 Å². The van der Waals surface area contributed by atoms with Gasteiger partial charge in [-0.2, -0.15) is 0 Å². The molecule has 1 aromatic carbocycles. The molecule has 1 saturated heterocycles. The Morgan fingerprint density at radius 3 is 2.79 bits per heavy atom. The molecule has 3 heterocycles. The van der Waals surface area contributed by atoms with Crippen LogP contribution in [0.3, 0.4) is 0 Å². The maximum atomic E-state index is 12.8. The molecule has 0 aliphatic carbocycles. The molecule has 6 heteroatoms. The quantitative estimate of drug-likeness (QED) is 0.502. The molecule has 4 rings (SSSR count). The third-order valence-electron chi connectivity index (χ3n) is 5.21. The zero-order valence-electron chi connectivity index (χ0n) is 15.7. The zero-order valence-corrected chi connectivity index (χ0v) is 15.7. The Kier molecular flexibility index (Phi) is 4.86. The topological polar surface area (TPSA) is 79.7 Å². The SMILES string of the molecule is CCCN1C(=O)C(=O)/C(=C(\O)c2ccc3c(c2)CCCO3)C1c1ccncc1. The zero-order chi connectivity index (χ0) is 19.7. The molecule has 2 aliphatic rings. The lowest BCUT2D eigenvalue weighted by Gasteiger charge is -2.24. The maximum absolute atomic E-state index is 12.8. The molecule has 1 aromatic heterocycles. The number of amides is 1. The fourth-order valence-electron chi connectivity index (χ4n) is 3.91. The highest BCUT2D eigenvalue weighted by Crippen LogP contribution is 2.40. The van der Waals surface area contributed by atoms with E-state index in [4.69, 9.17) is 4.74 Å². The van der Waals surface area contributed by atoms with Crippen molar-refractivity contribution in [2.24, 2.45) is 0 Å². The van der Waals surface area contributed by atoms with Gasteiger partial charge in [0.25, 0.3) is 11.7 Å². The van der Waals surface area contributed by atoms with Crippen molar-refractivity contribution in [2.75, 3.05) is 13.2 Å². The lowest BCUT2D eigenvalue weighted by Crippen LogP contribution is -2.30. The molecule has 1 atom stereocenters. The minimum absolute atomic E-state index is 0.126. The summed E-state index contributed by atoms with van der Waals surface area (Å²) in [6.07, 6.45) is 5.73. The number of aromatic nitrogens is 1. The molecule has 28 heavy (non-hydrogen) atoms. The number of likely N-dealkylation sites (tertiary alicyclic amines) is 1. The molecule has 0 bridgehead atoms. The van der Waals surface area contributed by atoms with Crippen LogP contribution in [0.5, 0.6) is 5.75 Å². The number of carbonyl (C=O) groups excluding carboxylic acids is 2. The van der Waals surface area contributed by atoms with Gasteiger partial charge in [-0.25, -0.2) is 0 Å². The number of aliphatic hydroxyl groups excluding tert-OH is 1. The van der Waals surface area contributed by atoms with Crippen molar-refractivity contribution in [1.82, 2.24) is 9.88 Å². The third kappa shape index (κ3) is 3.05. The molecule has 6 nitrogen and oxygen atoms in total. The van der Waals surface area contributed by atoms with Gasteiger partial charge in [0.2, 0.25) is 0 Å². The number of pyridine rings is 1. The molecule has 1 fully saturated rings. The van der Waals surface area contributed by atoms with Gasteiger partial charge in [-0.3, -0.25) is 14.6 Å². The second kappa shape index (κ2) is 7.46. The van der Waals surface area contributed by atoms with Crippen LogP contribution in [-0.4, -0.2) is 39.8 Å². The van der Waals surface area contributed by atoms with Crippen LogP contribution in [0.2, 0.25) is 0 Å². The maximum Gasteiger partial charge on any atom is 0.295 e. The summed E-state index contributed by atoms with van der Waals surface area (Å²) in [7, 11) is 0. The Morgan fingerprint density at radius 1 is 1.25 bits per heavy atom. The van der Waals surface area contributed by atoms with E-state index < -0.39 is 17.7 Å². The van der Waals surface area contributed by atoms with Crippen LogP contribution < -0.4 is 4.74 Å². The lowest BCUT2D eigenvalue weighted by molar-refractivity contribution is -0.139. The van der Waals surface area contributed by atoms with Gasteiger partial charge < -0.3 is 14.7 Å². The number of Topliss-reactive ketones (excluding diaryl/α,β-unsaturated/α-hetero) is 1. The summed E-state index contributed by atoms with van der Waals surface area (Å²) < 4.78 is 5.63. The predicted molar refractivity (Wildman–Crippen MR) is 104 cm³/mol. The number of aliphatic hydroxyl groups is 1. The molecule has 144 valence electrons. The molecule has 1 amide bonds. The van der Waals surface area contributed by atoms with E-state index in [1.165, 1.54) is 4.90 Å². The molecular formula is C22H22N2O4. The van der Waals surface area contributed by atoms with Crippen molar-refractivity contribution < 1.29 is 19.4 Å². The lowest BCUT2D eigenvalue weighted by atomic mass is 9.94. The van der Waals surface area contributed by atoms with Gasteiger partial charge in [0.05, 0.1) is 18.2 Å². The van der Waals surface area contributed by atoms with Gasteiger partial charge in [0.15, 0.2) is 0 Å². The fourth-order valence-corrected chi connectivity index (χ4v) is 3.91. The first-order valence-corrected chi connectivity index (χ1v) is 9.56. The number of nitrogens with zero attached hydrogens (tertiary/aromatic N) is 2. The molecule has 0 saturated carbocycles. The molecule has 2 aromatic rings. The Labute approximate surface area is 163 Å². The first kappa shape index (κ1) is 18.2. The van der Waals surface area contributed by atoms with Crippen molar-refractivity contribution >= 4 is 17.4 Å². The van der Waals surface area contributed by atoms with E-state index >= 15 is 0 Å². The first-order chi connectivity index (χ1) is 13.6. The normalized spacial score (nSPS) is 20.8. The first-order valence-electron chi connectivity index (χ1n) is 9.56. The van der Waals surface area contributed by atoms with Crippen LogP contribution in [0, 0.1) is 0 Å². The van der Waals surface area contributed by atoms with E-state index in [2.05, 4.69) is 4.98 Å². The summed E-state index contributed by atoms with van der Waals surface area (Å²) >= 11 is 0. The number of aryl methyl sites for hydroxylation is 1. The summed E-state index contributed by atoms with van der Waals surface area (Å²) in [6.45, 7) is 3.07. The van der Waals surface area contributed by atoms with Crippen molar-refractivity contribution in [3.8, 4) is 5.75 Å². The second-order valence-electron chi connectivity index (χ2n) is 7.05. The summed E-state index contributed by atoms with van der Waals surface area (Å²) in [5.41, 5.74) is 2.41. The summed E-state index contributed by atoms with van der Waals surface area (Å²) in [6, 6.07) is 8.32. The highest BCUT2D eigenvalue weighted by Gasteiger charge is 2.45. The fraction of sp³-hybridized carbons (Fsp3) is 0.318. The number of hydrogen-bond donors (Lipinski definition) is 1. The van der Waals surface area contributed by atoms with Crippen molar-refractivity contribution in [1.29, 1.82) is 0 Å². The number of fused-ring (bicyclic) bond motifs is 1. The monoisotopic (exact) mass is 378 g/mol. The minimum Gasteiger partial charge on any atom is -0.507 e. The number of rotatable bonds is 4. The Morgan fingerprint density at radius 2 is 2.04 bits per heavy atom. The Balaban J connectivity index is 1.84. The van der Waals surface area contributed by atoms with Crippen molar-refractivity contribution in [3.05, 3.63) is 65.0 Å². The van der Waals surface area contributed by atoms with Crippen molar-refractivity contribution in [2.45, 2.75) is 32.2 Å². The van der Waals surface area contributed by atoms with Gasteiger partial charge in [-0.15, -0.1) is 0 Å². The second-order valence-corrected chi connectivity index (χ2v) is 7.05. The molecule has 0 spiro atoms. The molecular weight excluding hydrogens is 356 g/mol. The van der Waals surface area contributed by atoms with E-state index in [1.54, 1.807) is 30.6 Å². The highest BCUT2D eigenvalue weighted by molar-refractivity contribution is 6.46. The number of ether oxygens (including phenoxy) is 1. The average molecular weight is 378 g/mol. The van der Waals surface area contributed by atoms with Gasteiger partial charge in [0.1, 0.15) is 11.5 Å². The average Bonchev–Trinajstić information content (AvgIpc) is 2.99. The highest BCUT2D eigenvalue weighted by atomic mass is 16.5. The number of ketones is 1. The van der Waals surface area contributed by atoms with E-state index in [1.807, 2.05) is 19.1 Å². The minimum atomic E-state index is -0.651. The number of hydrogen-bond acceptors (Lipinski definition) is 5. The van der Waals surface area contributed by atoms with Crippen molar-refractivity contribution in [3.63, 3.8) is 0 Å².